The Morgan fingerprint density at radius 3 is 2.20 bits per heavy atom. The maximum atomic E-state index is 13.1. The number of likely N-dealkylation sites (N-methyl/N-ethyl adjacent to an activating group) is 2. The van der Waals surface area contributed by atoms with Crippen LogP contribution in [0.1, 0.15) is 32.7 Å². The van der Waals surface area contributed by atoms with Gasteiger partial charge in [-0.1, -0.05) is 18.2 Å². The van der Waals surface area contributed by atoms with Gasteiger partial charge in [0.2, 0.25) is 0 Å². The van der Waals surface area contributed by atoms with Crippen LogP contribution in [0.2, 0.25) is 0 Å². The third-order valence-electron chi connectivity index (χ3n) is 7.95. The second-order valence-corrected chi connectivity index (χ2v) is 11.0. The maximum Gasteiger partial charge on any atom is 0.255 e. The molecule has 2 amide bonds. The zero-order valence-electron chi connectivity index (χ0n) is 23.9. The highest BCUT2D eigenvalue weighted by atomic mass is 16.5. The molecule has 210 valence electrons. The first kappa shape index (κ1) is 27.7. The van der Waals surface area contributed by atoms with Gasteiger partial charge in [0.1, 0.15) is 5.75 Å². The van der Waals surface area contributed by atoms with Gasteiger partial charge in [-0.3, -0.25) is 9.59 Å². The molecule has 3 aromatic rings. The molecule has 0 saturated carbocycles. The van der Waals surface area contributed by atoms with Crippen molar-refractivity contribution in [2.24, 2.45) is 0 Å². The van der Waals surface area contributed by atoms with Crippen molar-refractivity contribution in [3.8, 4) is 16.9 Å². The number of likely N-dealkylation sites (tertiary alicyclic amines) is 1. The Bertz CT molecular complexity index is 1370. The lowest BCUT2D eigenvalue weighted by Crippen LogP contribution is -2.44. The SMILES string of the molecule is COc1ccc(NC(=O)c2ccc(-c3ccc(C(=O)NC4CCN(C)C4)cc3C)cc2)cc1N1CCN(C)CC1. The highest BCUT2D eigenvalue weighted by Gasteiger charge is 2.22. The molecule has 0 radical (unpaired) electrons. The van der Waals surface area contributed by atoms with E-state index >= 15 is 0 Å². The normalized spacial score (nSPS) is 18.0. The summed E-state index contributed by atoms with van der Waals surface area (Å²) in [5.74, 6) is 0.607. The number of hydrogen-bond donors (Lipinski definition) is 2. The minimum absolute atomic E-state index is 0.0312. The van der Waals surface area contributed by atoms with E-state index in [0.29, 0.717) is 11.1 Å². The highest BCUT2D eigenvalue weighted by molar-refractivity contribution is 6.05. The van der Waals surface area contributed by atoms with E-state index in [-0.39, 0.29) is 17.9 Å². The molecule has 5 rings (SSSR count). The van der Waals surface area contributed by atoms with Crippen molar-refractivity contribution >= 4 is 23.2 Å². The maximum absolute atomic E-state index is 13.1. The molecule has 2 fully saturated rings. The topological polar surface area (TPSA) is 77.1 Å². The van der Waals surface area contributed by atoms with Crippen molar-refractivity contribution in [1.82, 2.24) is 15.1 Å². The van der Waals surface area contributed by atoms with E-state index in [0.717, 1.165) is 79.5 Å². The predicted octanol–water partition coefficient (Wildman–Crippen LogP) is 4.11. The molecule has 1 atom stereocenters. The summed E-state index contributed by atoms with van der Waals surface area (Å²) in [6.07, 6.45) is 0.981. The van der Waals surface area contributed by atoms with E-state index in [4.69, 9.17) is 4.74 Å². The van der Waals surface area contributed by atoms with Crippen LogP contribution < -0.4 is 20.3 Å². The number of anilines is 2. The number of carbonyl (C=O) groups is 2. The Kier molecular flexibility index (Phi) is 8.38. The Labute approximate surface area is 236 Å². The van der Waals surface area contributed by atoms with Crippen LogP contribution >= 0.6 is 0 Å². The lowest BCUT2D eigenvalue weighted by atomic mass is 9.97. The fourth-order valence-corrected chi connectivity index (χ4v) is 5.52. The number of aryl methyl sites for hydroxylation is 1. The van der Waals surface area contributed by atoms with Crippen molar-refractivity contribution in [2.75, 3.05) is 70.7 Å². The predicted molar refractivity (Wildman–Crippen MR) is 161 cm³/mol. The first-order valence-electron chi connectivity index (χ1n) is 13.9. The summed E-state index contributed by atoms with van der Waals surface area (Å²) in [4.78, 5) is 32.7. The number of ether oxygens (including phenoxy) is 1. The molecule has 40 heavy (non-hydrogen) atoms. The number of piperazine rings is 1. The van der Waals surface area contributed by atoms with Gasteiger partial charge in [0.25, 0.3) is 11.8 Å². The molecule has 8 heteroatoms. The standard InChI is InChI=1S/C32H39N5O3/c1-22-19-25(32(39)34-27-13-14-36(3)21-27)9-11-28(22)23-5-7-24(8-6-23)31(38)33-26-10-12-30(40-4)29(20-26)37-17-15-35(2)16-18-37/h5-12,19-20,27H,13-18,21H2,1-4H3,(H,33,38)(H,34,39). The van der Waals surface area contributed by atoms with Crippen LogP contribution in [0.5, 0.6) is 5.75 Å². The monoisotopic (exact) mass is 541 g/mol. The van der Waals surface area contributed by atoms with Crippen LogP contribution in [-0.2, 0) is 0 Å². The van der Waals surface area contributed by atoms with Crippen LogP contribution in [0.25, 0.3) is 11.1 Å². The van der Waals surface area contributed by atoms with E-state index in [1.165, 1.54) is 0 Å². The quantitative estimate of drug-likeness (QED) is 0.469. The van der Waals surface area contributed by atoms with Crippen LogP contribution in [-0.4, -0.2) is 88.1 Å². The third-order valence-corrected chi connectivity index (χ3v) is 7.95. The largest absolute Gasteiger partial charge is 0.495 e. The van der Waals surface area contributed by atoms with Gasteiger partial charge in [0.05, 0.1) is 12.8 Å². The summed E-state index contributed by atoms with van der Waals surface area (Å²) >= 11 is 0. The molecule has 2 aliphatic rings. The third kappa shape index (κ3) is 6.29. The van der Waals surface area contributed by atoms with Crippen LogP contribution in [0, 0.1) is 6.92 Å². The van der Waals surface area contributed by atoms with Gasteiger partial charge < -0.3 is 30.1 Å². The molecule has 2 aliphatic heterocycles. The second kappa shape index (κ2) is 12.1. The van der Waals surface area contributed by atoms with Gasteiger partial charge in [0.15, 0.2) is 0 Å². The zero-order chi connectivity index (χ0) is 28.2. The number of hydrogen-bond acceptors (Lipinski definition) is 6. The number of nitrogens with one attached hydrogen (secondary N) is 2. The van der Waals surface area contributed by atoms with Crippen LogP contribution in [0.15, 0.2) is 60.7 Å². The number of nitrogens with zero attached hydrogens (tertiary/aromatic N) is 3. The van der Waals surface area contributed by atoms with Gasteiger partial charge in [-0.05, 0) is 93.1 Å². The number of amides is 2. The van der Waals surface area contributed by atoms with Crippen LogP contribution in [0.3, 0.4) is 0 Å². The number of methoxy groups -OCH3 is 1. The fourth-order valence-electron chi connectivity index (χ4n) is 5.52. The number of rotatable bonds is 7. The van der Waals surface area contributed by atoms with E-state index < -0.39 is 0 Å². The number of benzene rings is 3. The Hall–Kier alpha value is -3.88. The lowest BCUT2D eigenvalue weighted by molar-refractivity contribution is 0.0937. The van der Waals surface area contributed by atoms with Crippen molar-refractivity contribution < 1.29 is 14.3 Å². The van der Waals surface area contributed by atoms with E-state index in [1.54, 1.807) is 7.11 Å². The van der Waals surface area contributed by atoms with E-state index in [9.17, 15) is 9.59 Å². The van der Waals surface area contributed by atoms with Crippen LogP contribution in [0.4, 0.5) is 11.4 Å². The Morgan fingerprint density at radius 1 is 0.825 bits per heavy atom. The molecule has 0 aromatic heterocycles. The number of carbonyl (C=O) groups excluding carboxylic acids is 2. The minimum atomic E-state index is -0.164. The molecule has 3 aromatic carbocycles. The zero-order valence-corrected chi connectivity index (χ0v) is 23.9. The highest BCUT2D eigenvalue weighted by Crippen LogP contribution is 2.32. The average molecular weight is 542 g/mol. The second-order valence-electron chi connectivity index (χ2n) is 11.0. The summed E-state index contributed by atoms with van der Waals surface area (Å²) in [5, 5.41) is 6.19. The summed E-state index contributed by atoms with van der Waals surface area (Å²) in [5.41, 5.74) is 6.03. The molecule has 1 unspecified atom stereocenters. The van der Waals surface area contributed by atoms with Crippen molar-refractivity contribution in [3.05, 3.63) is 77.4 Å². The minimum Gasteiger partial charge on any atom is -0.495 e. The first-order valence-corrected chi connectivity index (χ1v) is 13.9. The summed E-state index contributed by atoms with van der Waals surface area (Å²) in [6.45, 7) is 7.70. The Morgan fingerprint density at radius 2 is 1.55 bits per heavy atom. The van der Waals surface area contributed by atoms with E-state index in [2.05, 4.69) is 39.4 Å². The first-order chi connectivity index (χ1) is 19.3. The molecule has 0 spiro atoms. The molecule has 0 bridgehead atoms. The molecular formula is C32H39N5O3. The Balaban J connectivity index is 1.25. The average Bonchev–Trinajstić information content (AvgIpc) is 3.37. The summed E-state index contributed by atoms with van der Waals surface area (Å²) in [6, 6.07) is 19.3. The van der Waals surface area contributed by atoms with Gasteiger partial charge in [-0.15, -0.1) is 0 Å². The fraction of sp³-hybridized carbons (Fsp3) is 0.375. The van der Waals surface area contributed by atoms with Crippen molar-refractivity contribution in [1.29, 1.82) is 0 Å². The molecule has 2 N–H and O–H groups in total. The van der Waals surface area contributed by atoms with E-state index in [1.807, 2.05) is 67.6 Å². The summed E-state index contributed by atoms with van der Waals surface area (Å²) in [7, 11) is 5.88. The van der Waals surface area contributed by atoms with Gasteiger partial charge in [0, 0.05) is 55.6 Å². The van der Waals surface area contributed by atoms with Gasteiger partial charge in [-0.2, -0.15) is 0 Å². The molecule has 2 heterocycles. The van der Waals surface area contributed by atoms with Gasteiger partial charge in [-0.25, -0.2) is 0 Å². The van der Waals surface area contributed by atoms with Crippen molar-refractivity contribution in [3.63, 3.8) is 0 Å². The van der Waals surface area contributed by atoms with Gasteiger partial charge >= 0.3 is 0 Å². The lowest BCUT2D eigenvalue weighted by Gasteiger charge is -2.34. The smallest absolute Gasteiger partial charge is 0.255 e. The molecule has 2 saturated heterocycles. The molecular weight excluding hydrogens is 502 g/mol. The summed E-state index contributed by atoms with van der Waals surface area (Å²) < 4.78 is 5.60. The molecule has 8 nitrogen and oxygen atoms in total. The van der Waals surface area contributed by atoms with Crippen molar-refractivity contribution in [2.45, 2.75) is 19.4 Å². The molecule has 0 aliphatic carbocycles.